The second-order valence-electron chi connectivity index (χ2n) is 6.81. The van der Waals surface area contributed by atoms with Crippen molar-refractivity contribution in [2.45, 2.75) is 26.9 Å². The zero-order valence-electron chi connectivity index (χ0n) is 13.8. The molecule has 3 heteroatoms. The van der Waals surface area contributed by atoms with E-state index in [4.69, 9.17) is 0 Å². The topological polar surface area (TPSA) is 26.9 Å². The zero-order valence-corrected chi connectivity index (χ0v) is 13.8. The van der Waals surface area contributed by atoms with E-state index in [1.807, 2.05) is 6.20 Å². The van der Waals surface area contributed by atoms with Gasteiger partial charge in [-0.1, -0.05) is 30.3 Å². The van der Waals surface area contributed by atoms with E-state index >= 15 is 0 Å². The molecular weight excluding hydrogens is 296 g/mol. The highest BCUT2D eigenvalue weighted by Crippen LogP contribution is 2.38. The van der Waals surface area contributed by atoms with Crippen molar-refractivity contribution in [1.29, 1.82) is 0 Å². The van der Waals surface area contributed by atoms with Gasteiger partial charge in [0.15, 0.2) is 5.78 Å². The smallest absolute Gasteiger partial charge is 0.172 e. The SMILES string of the molecule is Cc1ccc2c(C)c3n(c2c1)CC(=O)Cn1ccc2cccc-3c21. The Hall–Kier alpha value is -2.81. The lowest BCUT2D eigenvalue weighted by molar-refractivity contribution is -0.120. The van der Waals surface area contributed by atoms with Gasteiger partial charge in [0, 0.05) is 28.0 Å². The van der Waals surface area contributed by atoms with Crippen molar-refractivity contribution in [2.75, 3.05) is 0 Å². The van der Waals surface area contributed by atoms with Gasteiger partial charge in [-0.3, -0.25) is 4.79 Å². The van der Waals surface area contributed by atoms with Crippen LogP contribution in [0.25, 0.3) is 33.1 Å². The van der Waals surface area contributed by atoms with Gasteiger partial charge in [-0.05, 0) is 37.1 Å². The number of carbonyl (C=O) groups excluding carboxylic acids is 1. The summed E-state index contributed by atoms with van der Waals surface area (Å²) in [7, 11) is 0. The number of carbonyl (C=O) groups is 1. The van der Waals surface area contributed by atoms with Crippen LogP contribution in [0.1, 0.15) is 11.1 Å². The third-order valence-corrected chi connectivity index (χ3v) is 5.20. The maximum Gasteiger partial charge on any atom is 0.172 e. The quantitative estimate of drug-likeness (QED) is 0.471. The minimum atomic E-state index is 0.238. The molecule has 0 N–H and O–H groups in total. The highest BCUT2D eigenvalue weighted by Gasteiger charge is 2.23. The fraction of sp³-hybridized carbons (Fsp3) is 0.190. The number of rotatable bonds is 0. The van der Waals surface area contributed by atoms with Crippen molar-refractivity contribution < 1.29 is 4.79 Å². The van der Waals surface area contributed by atoms with Crippen LogP contribution in [0.15, 0.2) is 48.7 Å². The predicted octanol–water partition coefficient (Wildman–Crippen LogP) is 4.46. The minimum Gasteiger partial charge on any atom is -0.339 e. The molecule has 3 heterocycles. The van der Waals surface area contributed by atoms with Crippen LogP contribution >= 0.6 is 0 Å². The molecule has 0 aliphatic carbocycles. The summed E-state index contributed by atoms with van der Waals surface area (Å²) in [6.07, 6.45) is 2.03. The molecule has 0 spiro atoms. The first-order valence-corrected chi connectivity index (χ1v) is 8.33. The normalized spacial score (nSPS) is 14.0. The Morgan fingerprint density at radius 2 is 1.88 bits per heavy atom. The summed E-state index contributed by atoms with van der Waals surface area (Å²) in [6, 6.07) is 15.0. The Kier molecular flexibility index (Phi) is 2.61. The monoisotopic (exact) mass is 314 g/mol. The molecule has 2 aromatic heterocycles. The van der Waals surface area contributed by atoms with E-state index in [2.05, 4.69) is 65.4 Å². The largest absolute Gasteiger partial charge is 0.339 e. The average molecular weight is 314 g/mol. The molecular formula is C21H18N2O. The van der Waals surface area contributed by atoms with Crippen LogP contribution < -0.4 is 0 Å². The number of fused-ring (bicyclic) bond motifs is 4. The zero-order chi connectivity index (χ0) is 16.4. The fourth-order valence-corrected chi connectivity index (χ4v) is 4.14. The van der Waals surface area contributed by atoms with Crippen molar-refractivity contribution >= 4 is 27.6 Å². The predicted molar refractivity (Wildman–Crippen MR) is 97.4 cm³/mol. The Bertz CT molecular complexity index is 1140. The number of Topliss-reactive ketones (excluding diaryl/α,β-unsaturated/α-hetero) is 1. The molecule has 24 heavy (non-hydrogen) atoms. The summed E-state index contributed by atoms with van der Waals surface area (Å²) in [5, 5.41) is 2.43. The maximum absolute atomic E-state index is 12.6. The van der Waals surface area contributed by atoms with Gasteiger partial charge in [0.25, 0.3) is 0 Å². The lowest BCUT2D eigenvalue weighted by atomic mass is 10.0. The molecule has 0 radical (unpaired) electrons. The molecule has 2 aromatic carbocycles. The van der Waals surface area contributed by atoms with Crippen LogP contribution in [0.3, 0.4) is 0 Å². The molecule has 0 atom stereocenters. The van der Waals surface area contributed by atoms with E-state index in [0.29, 0.717) is 13.1 Å². The average Bonchev–Trinajstić information content (AvgIpc) is 3.06. The highest BCUT2D eigenvalue weighted by atomic mass is 16.1. The standard InChI is InChI=1S/C21H18N2O/c1-13-6-7-17-14(2)20-18-5-3-4-15-8-9-22(21(15)18)11-16(24)12-23(20)19(17)10-13/h3-10H,11-12H2,1-2H3. The third-order valence-electron chi connectivity index (χ3n) is 5.20. The van der Waals surface area contributed by atoms with Gasteiger partial charge in [0.2, 0.25) is 0 Å². The number of hydrogen-bond acceptors (Lipinski definition) is 1. The fourth-order valence-electron chi connectivity index (χ4n) is 4.14. The van der Waals surface area contributed by atoms with Crippen molar-refractivity contribution in [1.82, 2.24) is 9.13 Å². The van der Waals surface area contributed by atoms with Crippen molar-refractivity contribution in [3.8, 4) is 11.3 Å². The van der Waals surface area contributed by atoms with E-state index in [1.165, 1.54) is 33.2 Å². The van der Waals surface area contributed by atoms with Crippen molar-refractivity contribution in [3.05, 3.63) is 59.8 Å². The molecule has 0 fully saturated rings. The number of para-hydroxylation sites is 1. The molecule has 118 valence electrons. The molecule has 5 rings (SSSR count). The first-order chi connectivity index (χ1) is 11.6. The van der Waals surface area contributed by atoms with Crippen LogP contribution in [0.2, 0.25) is 0 Å². The third kappa shape index (κ3) is 1.70. The summed E-state index contributed by atoms with van der Waals surface area (Å²) >= 11 is 0. The van der Waals surface area contributed by atoms with Crippen LogP contribution in [0, 0.1) is 13.8 Å². The molecule has 0 amide bonds. The summed E-state index contributed by atoms with van der Waals surface area (Å²) in [4.78, 5) is 12.6. The lowest BCUT2D eigenvalue weighted by Gasteiger charge is -2.18. The van der Waals surface area contributed by atoms with E-state index < -0.39 is 0 Å². The van der Waals surface area contributed by atoms with Crippen LogP contribution in [0.5, 0.6) is 0 Å². The lowest BCUT2D eigenvalue weighted by Crippen LogP contribution is -2.19. The van der Waals surface area contributed by atoms with E-state index in [1.54, 1.807) is 0 Å². The number of nitrogens with zero attached hydrogens (tertiary/aromatic N) is 2. The van der Waals surface area contributed by atoms with Gasteiger partial charge >= 0.3 is 0 Å². The van der Waals surface area contributed by atoms with Gasteiger partial charge < -0.3 is 9.13 Å². The molecule has 0 saturated carbocycles. The number of ketones is 1. The van der Waals surface area contributed by atoms with E-state index in [0.717, 1.165) is 11.0 Å². The first-order valence-electron chi connectivity index (χ1n) is 8.33. The molecule has 0 saturated heterocycles. The van der Waals surface area contributed by atoms with Crippen molar-refractivity contribution in [2.24, 2.45) is 0 Å². The van der Waals surface area contributed by atoms with Crippen molar-refractivity contribution in [3.63, 3.8) is 0 Å². The second kappa shape index (κ2) is 4.60. The minimum absolute atomic E-state index is 0.238. The van der Waals surface area contributed by atoms with Crippen LogP contribution in [-0.4, -0.2) is 14.9 Å². The first kappa shape index (κ1) is 13.6. The number of hydrogen-bond donors (Lipinski definition) is 0. The highest BCUT2D eigenvalue weighted by molar-refractivity contribution is 6.02. The van der Waals surface area contributed by atoms with E-state index in [9.17, 15) is 4.79 Å². The molecule has 1 aliphatic heterocycles. The summed E-state index contributed by atoms with van der Waals surface area (Å²) in [6.45, 7) is 5.13. The molecule has 1 aliphatic rings. The Morgan fingerprint density at radius 3 is 2.75 bits per heavy atom. The number of aryl methyl sites for hydroxylation is 2. The molecule has 0 unspecified atom stereocenters. The van der Waals surface area contributed by atoms with E-state index in [-0.39, 0.29) is 5.78 Å². The van der Waals surface area contributed by atoms with Crippen LogP contribution in [0.4, 0.5) is 0 Å². The Morgan fingerprint density at radius 1 is 1.00 bits per heavy atom. The molecule has 0 bridgehead atoms. The number of aromatic nitrogens is 2. The van der Waals surface area contributed by atoms with Crippen LogP contribution in [-0.2, 0) is 17.9 Å². The number of benzene rings is 2. The Balaban J connectivity index is 2.00. The molecule has 4 aromatic rings. The molecule has 3 nitrogen and oxygen atoms in total. The van der Waals surface area contributed by atoms with Gasteiger partial charge in [0.05, 0.1) is 24.3 Å². The second-order valence-corrected chi connectivity index (χ2v) is 6.81. The maximum atomic E-state index is 12.6. The Labute approximate surface area is 140 Å². The van der Waals surface area contributed by atoms with Gasteiger partial charge in [0.1, 0.15) is 0 Å². The van der Waals surface area contributed by atoms with Gasteiger partial charge in [-0.15, -0.1) is 0 Å². The summed E-state index contributed by atoms with van der Waals surface area (Å²) < 4.78 is 4.31. The van der Waals surface area contributed by atoms with Gasteiger partial charge in [-0.2, -0.15) is 0 Å². The van der Waals surface area contributed by atoms with Gasteiger partial charge in [-0.25, -0.2) is 0 Å². The summed E-state index contributed by atoms with van der Waals surface area (Å²) in [5.74, 6) is 0.238. The summed E-state index contributed by atoms with van der Waals surface area (Å²) in [5.41, 5.74) is 7.19.